The highest BCUT2D eigenvalue weighted by atomic mass is 32.1. The first kappa shape index (κ1) is 16.1. The van der Waals surface area contributed by atoms with Crippen molar-refractivity contribution >= 4 is 24.7 Å². The fourth-order valence-electron chi connectivity index (χ4n) is 1.96. The summed E-state index contributed by atoms with van der Waals surface area (Å²) < 4.78 is 10.3. The van der Waals surface area contributed by atoms with Crippen molar-refractivity contribution in [1.29, 1.82) is 0 Å². The molecule has 0 aromatic carbocycles. The van der Waals surface area contributed by atoms with Crippen molar-refractivity contribution in [2.24, 2.45) is 0 Å². The smallest absolute Gasteiger partial charge is 0.411 e. The lowest BCUT2D eigenvalue weighted by atomic mass is 10.0. The molecule has 1 aliphatic rings. The van der Waals surface area contributed by atoms with E-state index in [1.807, 2.05) is 0 Å². The van der Waals surface area contributed by atoms with Gasteiger partial charge in [-0.05, 0) is 40.5 Å². The molecule has 6 heteroatoms. The predicted molar refractivity (Wildman–Crippen MR) is 75.4 cm³/mol. The van der Waals surface area contributed by atoms with E-state index in [-0.39, 0.29) is 11.2 Å². The Hall–Kier alpha value is -0.910. The number of ether oxygens (including phenoxy) is 2. The van der Waals surface area contributed by atoms with E-state index in [0.29, 0.717) is 19.6 Å². The van der Waals surface area contributed by atoms with Crippen LogP contribution in [0.4, 0.5) is 4.79 Å². The van der Waals surface area contributed by atoms with Crippen LogP contribution in [0.15, 0.2) is 0 Å². The van der Waals surface area contributed by atoms with Crippen LogP contribution in [0, 0.1) is 0 Å². The SMILES string of the molecule is CCOC(=O)[C@H]1CCC(S)CN1C(=O)OC(C)(C)C. The molecule has 1 unspecified atom stereocenters. The topological polar surface area (TPSA) is 55.8 Å². The summed E-state index contributed by atoms with van der Waals surface area (Å²) in [6.45, 7) is 7.86. The Labute approximate surface area is 120 Å². The second kappa shape index (κ2) is 6.50. The van der Waals surface area contributed by atoms with Gasteiger partial charge in [0.05, 0.1) is 6.61 Å². The molecule has 0 saturated carbocycles. The van der Waals surface area contributed by atoms with Gasteiger partial charge in [0.25, 0.3) is 0 Å². The molecule has 0 aliphatic carbocycles. The van der Waals surface area contributed by atoms with Crippen molar-refractivity contribution in [1.82, 2.24) is 4.90 Å². The minimum Gasteiger partial charge on any atom is -0.464 e. The number of piperidine rings is 1. The highest BCUT2D eigenvalue weighted by molar-refractivity contribution is 7.81. The summed E-state index contributed by atoms with van der Waals surface area (Å²) in [5.74, 6) is -0.367. The van der Waals surface area contributed by atoms with E-state index in [2.05, 4.69) is 12.6 Å². The van der Waals surface area contributed by atoms with E-state index in [9.17, 15) is 9.59 Å². The van der Waals surface area contributed by atoms with Gasteiger partial charge in [0, 0.05) is 11.8 Å². The van der Waals surface area contributed by atoms with Crippen molar-refractivity contribution in [2.75, 3.05) is 13.2 Å². The number of hydrogen-bond acceptors (Lipinski definition) is 5. The second-order valence-corrected chi connectivity index (χ2v) is 6.36. The lowest BCUT2D eigenvalue weighted by molar-refractivity contribution is -0.150. The molecule has 1 amide bonds. The van der Waals surface area contributed by atoms with Gasteiger partial charge in [0.1, 0.15) is 11.6 Å². The Kier molecular flexibility index (Phi) is 5.52. The van der Waals surface area contributed by atoms with Gasteiger partial charge >= 0.3 is 12.1 Å². The summed E-state index contributed by atoms with van der Waals surface area (Å²) in [7, 11) is 0. The molecule has 1 fully saturated rings. The molecular formula is C13H23NO4S. The molecule has 0 bridgehead atoms. The van der Waals surface area contributed by atoms with Crippen LogP contribution in [0.3, 0.4) is 0 Å². The number of carbonyl (C=O) groups excluding carboxylic acids is 2. The van der Waals surface area contributed by atoms with E-state index >= 15 is 0 Å². The largest absolute Gasteiger partial charge is 0.464 e. The van der Waals surface area contributed by atoms with Gasteiger partial charge < -0.3 is 9.47 Å². The molecule has 110 valence electrons. The summed E-state index contributed by atoms with van der Waals surface area (Å²) >= 11 is 4.39. The molecule has 19 heavy (non-hydrogen) atoms. The summed E-state index contributed by atoms with van der Waals surface area (Å²) in [5, 5.41) is 0.0678. The quantitative estimate of drug-likeness (QED) is 0.626. The molecule has 1 saturated heterocycles. The zero-order valence-electron chi connectivity index (χ0n) is 12.0. The third-order valence-electron chi connectivity index (χ3n) is 2.74. The van der Waals surface area contributed by atoms with E-state index in [1.165, 1.54) is 4.90 Å². The molecule has 0 aromatic heterocycles. The van der Waals surface area contributed by atoms with Crippen LogP contribution in [-0.4, -0.2) is 47.0 Å². The predicted octanol–water partition coefficient (Wildman–Crippen LogP) is 2.25. The highest BCUT2D eigenvalue weighted by Gasteiger charge is 2.38. The van der Waals surface area contributed by atoms with Gasteiger partial charge in [-0.1, -0.05) is 0 Å². The number of nitrogens with zero attached hydrogens (tertiary/aromatic N) is 1. The molecule has 5 nitrogen and oxygen atoms in total. The maximum absolute atomic E-state index is 12.1. The van der Waals surface area contributed by atoms with Gasteiger partial charge in [-0.25, -0.2) is 9.59 Å². The number of amides is 1. The van der Waals surface area contributed by atoms with Crippen molar-refractivity contribution < 1.29 is 19.1 Å². The van der Waals surface area contributed by atoms with Gasteiger partial charge in [0.15, 0.2) is 0 Å². The average molecular weight is 289 g/mol. The summed E-state index contributed by atoms with van der Waals surface area (Å²) in [5.41, 5.74) is -0.583. The number of rotatable bonds is 2. The number of esters is 1. The molecule has 2 atom stereocenters. The van der Waals surface area contributed by atoms with Crippen LogP contribution in [-0.2, 0) is 14.3 Å². The molecule has 1 heterocycles. The van der Waals surface area contributed by atoms with Gasteiger partial charge in [-0.2, -0.15) is 12.6 Å². The Morgan fingerprint density at radius 2 is 1.95 bits per heavy atom. The van der Waals surface area contributed by atoms with Crippen LogP contribution >= 0.6 is 12.6 Å². The maximum Gasteiger partial charge on any atom is 0.411 e. The Morgan fingerprint density at radius 3 is 2.47 bits per heavy atom. The van der Waals surface area contributed by atoms with E-state index in [4.69, 9.17) is 9.47 Å². The minimum atomic E-state index is -0.583. The number of hydrogen-bond donors (Lipinski definition) is 1. The lowest BCUT2D eigenvalue weighted by Crippen LogP contribution is -2.53. The van der Waals surface area contributed by atoms with Gasteiger partial charge in [-0.15, -0.1) is 0 Å². The zero-order chi connectivity index (χ0) is 14.6. The number of thiol groups is 1. The van der Waals surface area contributed by atoms with Gasteiger partial charge in [-0.3, -0.25) is 4.90 Å². The molecule has 1 rings (SSSR count). The average Bonchev–Trinajstić information content (AvgIpc) is 2.26. The number of likely N-dealkylation sites (tertiary alicyclic amines) is 1. The van der Waals surface area contributed by atoms with Crippen molar-refractivity contribution in [3.63, 3.8) is 0 Å². The van der Waals surface area contributed by atoms with E-state index in [0.717, 1.165) is 6.42 Å². The molecule has 1 aliphatic heterocycles. The third-order valence-corrected chi connectivity index (χ3v) is 3.17. The summed E-state index contributed by atoms with van der Waals surface area (Å²) in [6, 6.07) is -0.557. The first-order valence-corrected chi connectivity index (χ1v) is 7.10. The second-order valence-electron chi connectivity index (χ2n) is 5.63. The number of carbonyl (C=O) groups is 2. The molecule has 0 spiro atoms. The normalized spacial score (nSPS) is 23.9. The van der Waals surface area contributed by atoms with Crippen molar-refractivity contribution in [3.05, 3.63) is 0 Å². The standard InChI is InChI=1S/C13H23NO4S/c1-5-17-11(15)10-7-6-9(19)8-14(10)12(16)18-13(2,3)4/h9-10,19H,5-8H2,1-4H3/t9?,10-/m1/s1. The van der Waals surface area contributed by atoms with Crippen LogP contribution in [0.25, 0.3) is 0 Å². The van der Waals surface area contributed by atoms with Crippen molar-refractivity contribution in [3.8, 4) is 0 Å². The Morgan fingerprint density at radius 1 is 1.32 bits per heavy atom. The minimum absolute atomic E-state index is 0.0678. The Balaban J connectivity index is 2.78. The molecular weight excluding hydrogens is 266 g/mol. The summed E-state index contributed by atoms with van der Waals surface area (Å²) in [6.07, 6.45) is 0.863. The molecule has 0 aromatic rings. The van der Waals surface area contributed by atoms with E-state index < -0.39 is 17.7 Å². The first-order chi connectivity index (χ1) is 8.74. The van der Waals surface area contributed by atoms with Gasteiger partial charge in [0.2, 0.25) is 0 Å². The fraction of sp³-hybridized carbons (Fsp3) is 0.846. The van der Waals surface area contributed by atoms with E-state index in [1.54, 1.807) is 27.7 Å². The first-order valence-electron chi connectivity index (χ1n) is 6.59. The Bertz CT molecular complexity index is 340. The fourth-order valence-corrected chi connectivity index (χ4v) is 2.28. The zero-order valence-corrected chi connectivity index (χ0v) is 12.9. The third kappa shape index (κ3) is 4.93. The maximum atomic E-state index is 12.1. The molecule has 0 N–H and O–H groups in total. The van der Waals surface area contributed by atoms with Crippen LogP contribution in [0.1, 0.15) is 40.5 Å². The van der Waals surface area contributed by atoms with Crippen LogP contribution < -0.4 is 0 Å². The van der Waals surface area contributed by atoms with Crippen molar-refractivity contribution in [2.45, 2.75) is 57.4 Å². The summed E-state index contributed by atoms with van der Waals surface area (Å²) in [4.78, 5) is 25.5. The van der Waals surface area contributed by atoms with Crippen LogP contribution in [0.5, 0.6) is 0 Å². The highest BCUT2D eigenvalue weighted by Crippen LogP contribution is 2.24. The van der Waals surface area contributed by atoms with Crippen LogP contribution in [0.2, 0.25) is 0 Å². The lowest BCUT2D eigenvalue weighted by Gasteiger charge is -2.37. The monoisotopic (exact) mass is 289 g/mol. The molecule has 0 radical (unpaired) electrons.